The van der Waals surface area contributed by atoms with Gasteiger partial charge in [0.05, 0.1) is 22.3 Å². The summed E-state index contributed by atoms with van der Waals surface area (Å²) in [4.78, 5) is 37.2. The van der Waals surface area contributed by atoms with Gasteiger partial charge in [-0.3, -0.25) is 14.2 Å². The minimum absolute atomic E-state index is 0.0717. The third-order valence-corrected chi connectivity index (χ3v) is 6.50. The minimum Gasteiger partial charge on any atom is -0.368 e. The van der Waals surface area contributed by atoms with E-state index in [1.807, 2.05) is 35.2 Å². The molecule has 10 nitrogen and oxygen atoms in total. The summed E-state index contributed by atoms with van der Waals surface area (Å²) in [7, 11) is 1.67. The second-order valence-electron chi connectivity index (χ2n) is 8.19. The van der Waals surface area contributed by atoms with Crippen molar-refractivity contribution in [2.24, 2.45) is 7.05 Å². The molecule has 5 aromatic rings. The van der Waals surface area contributed by atoms with E-state index in [0.717, 1.165) is 0 Å². The Labute approximate surface area is 197 Å². The number of aryl methyl sites for hydroxylation is 1. The fraction of sp³-hybridized carbons (Fsp3) is 0.174. The molecule has 1 aromatic carbocycles. The molecule has 0 amide bonds. The van der Waals surface area contributed by atoms with Gasteiger partial charge in [-0.2, -0.15) is 10.1 Å². The first-order valence-electron chi connectivity index (χ1n) is 10.7. The Kier molecular flexibility index (Phi) is 4.46. The number of anilines is 2. The van der Waals surface area contributed by atoms with Crippen LogP contribution in [0.5, 0.6) is 0 Å². The molecule has 2 N–H and O–H groups in total. The Balaban J connectivity index is 1.60. The summed E-state index contributed by atoms with van der Waals surface area (Å²) >= 11 is 6.30. The van der Waals surface area contributed by atoms with Crippen LogP contribution in [-0.2, 0) is 7.05 Å². The molecule has 0 radical (unpaired) electrons. The topological polar surface area (TPSA) is 116 Å². The van der Waals surface area contributed by atoms with Gasteiger partial charge in [-0.05, 0) is 30.7 Å². The predicted octanol–water partition coefficient (Wildman–Crippen LogP) is 2.31. The SMILES string of the molecule is Cn1ccc2nc(N)nc(N3CCC3c3nn4ccc(Cl)c4c(=O)n3-c3ccccc3)c2c1=O. The Morgan fingerprint density at radius 2 is 1.82 bits per heavy atom. The predicted molar refractivity (Wildman–Crippen MR) is 130 cm³/mol. The number of rotatable bonds is 3. The Morgan fingerprint density at radius 3 is 2.56 bits per heavy atom. The van der Waals surface area contributed by atoms with Crippen LogP contribution in [0.15, 0.2) is 64.4 Å². The molecule has 0 spiro atoms. The summed E-state index contributed by atoms with van der Waals surface area (Å²) in [5, 5.41) is 5.48. The van der Waals surface area contributed by atoms with Crippen molar-refractivity contribution in [1.29, 1.82) is 0 Å². The summed E-state index contributed by atoms with van der Waals surface area (Å²) in [5.74, 6) is 1.02. The highest BCUT2D eigenvalue weighted by Crippen LogP contribution is 2.38. The Hall–Kier alpha value is -4.18. The molecule has 0 bridgehead atoms. The molecule has 1 atom stereocenters. The molecule has 0 aliphatic carbocycles. The van der Waals surface area contributed by atoms with Crippen LogP contribution >= 0.6 is 11.6 Å². The molecular formula is C23H19ClN8O2. The maximum absolute atomic E-state index is 13.6. The van der Waals surface area contributed by atoms with E-state index in [2.05, 4.69) is 9.97 Å². The van der Waals surface area contributed by atoms with E-state index in [-0.39, 0.29) is 23.1 Å². The molecule has 1 fully saturated rings. The molecule has 1 aliphatic heterocycles. The van der Waals surface area contributed by atoms with Crippen molar-refractivity contribution in [2.75, 3.05) is 17.2 Å². The summed E-state index contributed by atoms with van der Waals surface area (Å²) in [5.41, 5.74) is 6.93. The largest absolute Gasteiger partial charge is 0.368 e. The van der Waals surface area contributed by atoms with Crippen molar-refractivity contribution >= 4 is 39.8 Å². The van der Waals surface area contributed by atoms with Gasteiger partial charge in [0.25, 0.3) is 11.1 Å². The van der Waals surface area contributed by atoms with Crippen molar-refractivity contribution in [2.45, 2.75) is 12.5 Å². The van der Waals surface area contributed by atoms with Crippen LogP contribution in [0.25, 0.3) is 22.1 Å². The van der Waals surface area contributed by atoms with E-state index in [4.69, 9.17) is 22.4 Å². The highest BCUT2D eigenvalue weighted by molar-refractivity contribution is 6.33. The fourth-order valence-corrected chi connectivity index (χ4v) is 4.67. The average Bonchev–Trinajstić information content (AvgIpc) is 3.17. The minimum atomic E-state index is -0.319. The van der Waals surface area contributed by atoms with Crippen molar-refractivity contribution in [3.8, 4) is 5.69 Å². The maximum atomic E-state index is 13.6. The Morgan fingerprint density at radius 1 is 1.03 bits per heavy atom. The molecule has 6 rings (SSSR count). The van der Waals surface area contributed by atoms with Gasteiger partial charge < -0.3 is 15.2 Å². The number of pyridine rings is 1. The van der Waals surface area contributed by atoms with Crippen LogP contribution in [0, 0.1) is 0 Å². The van der Waals surface area contributed by atoms with Crippen LogP contribution in [-0.4, -0.2) is 35.3 Å². The van der Waals surface area contributed by atoms with Gasteiger partial charge in [0.15, 0.2) is 5.82 Å². The number of halogens is 1. The maximum Gasteiger partial charge on any atom is 0.284 e. The summed E-state index contributed by atoms with van der Waals surface area (Å²) < 4.78 is 4.55. The monoisotopic (exact) mass is 474 g/mol. The highest BCUT2D eigenvalue weighted by atomic mass is 35.5. The molecule has 11 heteroatoms. The lowest BCUT2D eigenvalue weighted by Gasteiger charge is -2.42. The zero-order chi connectivity index (χ0) is 23.6. The van der Waals surface area contributed by atoms with Gasteiger partial charge in [0.1, 0.15) is 16.7 Å². The first-order chi connectivity index (χ1) is 16.4. The van der Waals surface area contributed by atoms with Crippen molar-refractivity contribution in [3.63, 3.8) is 0 Å². The van der Waals surface area contributed by atoms with Crippen molar-refractivity contribution in [3.05, 3.63) is 86.4 Å². The second-order valence-corrected chi connectivity index (χ2v) is 8.59. The first kappa shape index (κ1) is 20.4. The van der Waals surface area contributed by atoms with E-state index in [0.29, 0.717) is 51.7 Å². The number of nitrogens with two attached hydrogens (primary N) is 1. The number of aromatic nitrogens is 6. The third kappa shape index (κ3) is 2.92. The van der Waals surface area contributed by atoms with Gasteiger partial charge >= 0.3 is 0 Å². The number of benzene rings is 1. The van der Waals surface area contributed by atoms with Gasteiger partial charge in [0.2, 0.25) is 5.95 Å². The third-order valence-electron chi connectivity index (χ3n) is 6.19. The molecule has 170 valence electrons. The van der Waals surface area contributed by atoms with Crippen molar-refractivity contribution in [1.82, 2.24) is 28.7 Å². The van der Waals surface area contributed by atoms with E-state index in [1.165, 1.54) is 9.08 Å². The smallest absolute Gasteiger partial charge is 0.284 e. The zero-order valence-electron chi connectivity index (χ0n) is 18.1. The van der Waals surface area contributed by atoms with E-state index in [1.54, 1.807) is 36.1 Å². The molecule has 1 saturated heterocycles. The lowest BCUT2D eigenvalue weighted by molar-refractivity contribution is 0.424. The second kappa shape index (κ2) is 7.42. The number of para-hydroxylation sites is 1. The number of nitrogen functional groups attached to an aromatic ring is 1. The van der Waals surface area contributed by atoms with Crippen LogP contribution in [0.2, 0.25) is 5.02 Å². The molecule has 1 unspecified atom stereocenters. The van der Waals surface area contributed by atoms with Crippen molar-refractivity contribution < 1.29 is 0 Å². The zero-order valence-corrected chi connectivity index (χ0v) is 18.8. The number of hydrogen-bond acceptors (Lipinski definition) is 7. The standard InChI is InChI=1S/C23H19ClN8O2/c1-29-10-8-15-17(21(29)33)20(27-23(25)26-15)30-11-9-16(30)19-28-31-12-7-14(24)18(31)22(34)32(19)13-5-3-2-4-6-13/h2-8,10,12,16H,9,11H2,1H3,(H2,25,26,27). The van der Waals surface area contributed by atoms with E-state index in [9.17, 15) is 9.59 Å². The number of nitrogens with zero attached hydrogens (tertiary/aromatic N) is 7. The quantitative estimate of drug-likeness (QED) is 0.426. The molecule has 1 aliphatic rings. The lowest BCUT2D eigenvalue weighted by atomic mass is 10.0. The van der Waals surface area contributed by atoms with E-state index >= 15 is 0 Å². The van der Waals surface area contributed by atoms with Gasteiger partial charge in [-0.1, -0.05) is 29.8 Å². The summed E-state index contributed by atoms with van der Waals surface area (Å²) in [6, 6.07) is 12.3. The molecule has 4 aromatic heterocycles. The van der Waals surface area contributed by atoms with Crippen LogP contribution in [0.4, 0.5) is 11.8 Å². The molecule has 0 saturated carbocycles. The first-order valence-corrected chi connectivity index (χ1v) is 11.1. The lowest BCUT2D eigenvalue weighted by Crippen LogP contribution is -2.45. The number of fused-ring (bicyclic) bond motifs is 2. The molecule has 34 heavy (non-hydrogen) atoms. The van der Waals surface area contributed by atoms with Gasteiger partial charge in [-0.25, -0.2) is 9.50 Å². The number of hydrogen-bond donors (Lipinski definition) is 1. The fourth-order valence-electron chi connectivity index (χ4n) is 4.44. The van der Waals surface area contributed by atoms with Crippen LogP contribution < -0.4 is 21.8 Å². The van der Waals surface area contributed by atoms with E-state index < -0.39 is 0 Å². The Bertz CT molecular complexity index is 1710. The van der Waals surface area contributed by atoms with Gasteiger partial charge in [0, 0.05) is 26.0 Å². The molecule has 5 heterocycles. The molecular weight excluding hydrogens is 456 g/mol. The normalized spacial score (nSPS) is 15.7. The highest BCUT2D eigenvalue weighted by Gasteiger charge is 2.37. The van der Waals surface area contributed by atoms with Crippen LogP contribution in [0.1, 0.15) is 18.3 Å². The van der Waals surface area contributed by atoms with Crippen LogP contribution in [0.3, 0.4) is 0 Å². The average molecular weight is 475 g/mol. The summed E-state index contributed by atoms with van der Waals surface area (Å²) in [6.07, 6.45) is 4.01. The van der Waals surface area contributed by atoms with Gasteiger partial charge in [-0.15, -0.1) is 0 Å². The summed E-state index contributed by atoms with van der Waals surface area (Å²) in [6.45, 7) is 0.614.